The van der Waals surface area contributed by atoms with Gasteiger partial charge in [-0.3, -0.25) is 4.79 Å². The fraction of sp³-hybridized carbons (Fsp3) is 0.250. The Morgan fingerprint density at radius 1 is 0.812 bits per heavy atom. The zero-order valence-electron chi connectivity index (χ0n) is 19.3. The van der Waals surface area contributed by atoms with Gasteiger partial charge in [-0.2, -0.15) is 0 Å². The van der Waals surface area contributed by atoms with Crippen molar-refractivity contribution in [1.82, 2.24) is 0 Å². The Morgan fingerprint density at radius 2 is 1.34 bits per heavy atom. The maximum atomic E-state index is 14.4. The van der Waals surface area contributed by atoms with Gasteiger partial charge in [0.1, 0.15) is 4.32 Å². The van der Waals surface area contributed by atoms with Crippen molar-refractivity contribution in [2.24, 2.45) is 0 Å². The van der Waals surface area contributed by atoms with E-state index in [-0.39, 0.29) is 10.8 Å². The van der Waals surface area contributed by atoms with Crippen molar-refractivity contribution in [3.8, 4) is 0 Å². The van der Waals surface area contributed by atoms with Gasteiger partial charge in [0.15, 0.2) is 5.76 Å². The molecule has 0 amide bonds. The number of benzene rings is 3. The first-order chi connectivity index (χ1) is 15.1. The number of alkyl halides is 1. The summed E-state index contributed by atoms with van der Waals surface area (Å²) in [7, 11) is -2.29. The second-order valence-corrected chi connectivity index (χ2v) is 15.7. The average molecular weight is 506 g/mol. The highest BCUT2D eigenvalue weighted by Gasteiger charge is 2.50. The molecule has 0 saturated heterocycles. The normalized spacial score (nSPS) is 19.0. The number of carbonyl (C=O) groups is 1. The molecule has 0 N–H and O–H groups in total. The molecule has 0 fully saturated rings. The molecule has 3 aromatic carbocycles. The molecule has 164 valence electrons. The van der Waals surface area contributed by atoms with Crippen LogP contribution >= 0.6 is 15.9 Å². The zero-order valence-corrected chi connectivity index (χ0v) is 21.9. The van der Waals surface area contributed by atoms with Crippen LogP contribution < -0.4 is 0 Å². The smallest absolute Gasteiger partial charge is 0.250 e. The number of hydrogen-bond acceptors (Lipinski definition) is 2. The third-order valence-corrected chi connectivity index (χ3v) is 12.3. The van der Waals surface area contributed by atoms with E-state index in [9.17, 15) is 4.79 Å². The number of rotatable bonds is 4. The molecule has 3 aromatic rings. The molecule has 4 heteroatoms. The number of allylic oxidation sites excluding steroid dienone is 1. The Labute approximate surface area is 200 Å². The second kappa shape index (κ2) is 8.16. The van der Waals surface area contributed by atoms with E-state index in [1.54, 1.807) is 0 Å². The molecule has 1 unspecified atom stereocenters. The maximum absolute atomic E-state index is 14.4. The van der Waals surface area contributed by atoms with Crippen molar-refractivity contribution in [2.45, 2.75) is 43.2 Å². The lowest BCUT2D eigenvalue weighted by Gasteiger charge is -2.42. The Hall–Kier alpha value is -2.43. The maximum Gasteiger partial charge on any atom is 0.250 e. The molecular formula is C28H29BrO2Si. The van der Waals surface area contributed by atoms with E-state index in [4.69, 9.17) is 4.43 Å². The summed E-state index contributed by atoms with van der Waals surface area (Å²) in [6, 6.07) is 28.2. The quantitative estimate of drug-likeness (QED) is 0.268. The predicted molar refractivity (Wildman–Crippen MR) is 138 cm³/mol. The van der Waals surface area contributed by atoms with Crippen LogP contribution in [0, 0.1) is 0 Å². The van der Waals surface area contributed by atoms with E-state index < -0.39 is 12.6 Å². The molecule has 0 radical (unpaired) electrons. The van der Waals surface area contributed by atoms with Gasteiger partial charge in [0.25, 0.3) is 8.32 Å². The Bertz CT molecular complexity index is 1180. The topological polar surface area (TPSA) is 26.3 Å². The summed E-state index contributed by atoms with van der Waals surface area (Å²) in [4.78, 5) is 14.4. The van der Waals surface area contributed by atoms with E-state index in [1.165, 1.54) is 0 Å². The number of fused-ring (bicyclic) bond motifs is 1. The van der Waals surface area contributed by atoms with Crippen molar-refractivity contribution < 1.29 is 9.22 Å². The summed E-state index contributed by atoms with van der Waals surface area (Å²) < 4.78 is 5.84. The first-order valence-electron chi connectivity index (χ1n) is 11.0. The van der Waals surface area contributed by atoms with Crippen molar-refractivity contribution in [2.75, 3.05) is 0 Å². The Morgan fingerprint density at radius 3 is 1.94 bits per heavy atom. The molecule has 4 rings (SSSR count). The van der Waals surface area contributed by atoms with Gasteiger partial charge in [-0.05, 0) is 40.4 Å². The standard InChI is InChI=1S/C28H29BrO2Si/c1-27(2,3)32(4,5)31-25-24(20-14-8-6-9-15-20)22-18-12-13-19-23(22)28(29,26(25)30)21-16-10-7-11-17-21/h6-19H,1-5H3. The molecule has 2 nitrogen and oxygen atoms in total. The molecule has 1 aliphatic carbocycles. The molecule has 0 spiro atoms. The number of hydrogen-bond donors (Lipinski definition) is 0. The lowest BCUT2D eigenvalue weighted by Crippen LogP contribution is -2.45. The van der Waals surface area contributed by atoms with Crippen LogP contribution in [0.5, 0.6) is 0 Å². The third kappa shape index (κ3) is 3.69. The Balaban J connectivity index is 2.05. The number of Topliss-reactive ketones (excluding diaryl/α,β-unsaturated/α-hetero) is 1. The average Bonchev–Trinajstić information content (AvgIpc) is 2.78. The van der Waals surface area contributed by atoms with E-state index in [1.807, 2.05) is 66.7 Å². The molecule has 0 bridgehead atoms. The summed E-state index contributed by atoms with van der Waals surface area (Å²) in [5, 5.41) is -0.0409. The van der Waals surface area contributed by atoms with Gasteiger partial charge in [-0.15, -0.1) is 0 Å². The van der Waals surface area contributed by atoms with Crippen molar-refractivity contribution >= 4 is 35.6 Å². The van der Waals surface area contributed by atoms with E-state index in [0.29, 0.717) is 5.76 Å². The molecule has 0 aliphatic heterocycles. The van der Waals surface area contributed by atoms with Crippen molar-refractivity contribution in [1.29, 1.82) is 0 Å². The SMILES string of the molecule is CC(C)(C)[Si](C)(C)OC1=C(c2ccccc2)c2ccccc2C(Br)(c2ccccc2)C1=O. The highest BCUT2D eigenvalue weighted by atomic mass is 79.9. The van der Waals surface area contributed by atoms with Crippen LogP contribution in [0.3, 0.4) is 0 Å². The first kappa shape index (κ1) is 22.7. The lowest BCUT2D eigenvalue weighted by molar-refractivity contribution is -0.119. The fourth-order valence-electron chi connectivity index (χ4n) is 3.87. The first-order valence-corrected chi connectivity index (χ1v) is 14.7. The van der Waals surface area contributed by atoms with E-state index in [0.717, 1.165) is 27.8 Å². The number of halogens is 1. The lowest BCUT2D eigenvalue weighted by atomic mass is 9.75. The minimum atomic E-state index is -2.29. The highest BCUT2D eigenvalue weighted by Crippen LogP contribution is 2.52. The summed E-state index contributed by atoms with van der Waals surface area (Å²) in [5.74, 6) is 0.410. The summed E-state index contributed by atoms with van der Waals surface area (Å²) >= 11 is 3.92. The second-order valence-electron chi connectivity index (χ2n) is 9.83. The van der Waals surface area contributed by atoms with Gasteiger partial charge in [0.2, 0.25) is 5.78 Å². The van der Waals surface area contributed by atoms with Crippen LogP contribution in [0.4, 0.5) is 0 Å². The molecule has 0 aromatic heterocycles. The van der Waals surface area contributed by atoms with Crippen LogP contribution in [0.1, 0.15) is 43.0 Å². The van der Waals surface area contributed by atoms with Crippen LogP contribution in [0.15, 0.2) is 90.7 Å². The fourth-order valence-corrected chi connectivity index (χ4v) is 5.67. The largest absolute Gasteiger partial charge is 0.541 e. The van der Waals surface area contributed by atoms with Crippen LogP contribution in [-0.2, 0) is 13.5 Å². The Kier molecular flexibility index (Phi) is 5.80. The van der Waals surface area contributed by atoms with Crippen molar-refractivity contribution in [3.05, 3.63) is 113 Å². The van der Waals surface area contributed by atoms with Gasteiger partial charge in [-0.1, -0.05) is 122 Å². The highest BCUT2D eigenvalue weighted by molar-refractivity contribution is 9.10. The van der Waals surface area contributed by atoms with Gasteiger partial charge in [0, 0.05) is 5.57 Å². The summed E-state index contributed by atoms with van der Waals surface area (Å²) in [6.07, 6.45) is 0. The number of carbonyl (C=O) groups excluding carboxylic acids is 1. The van der Waals surface area contributed by atoms with E-state index in [2.05, 4.69) is 68.0 Å². The number of ketones is 1. The molecule has 1 aliphatic rings. The zero-order chi connectivity index (χ0) is 23.1. The molecule has 0 heterocycles. The van der Waals surface area contributed by atoms with Gasteiger partial charge < -0.3 is 4.43 Å². The van der Waals surface area contributed by atoms with Crippen LogP contribution in [0.2, 0.25) is 18.1 Å². The summed E-state index contributed by atoms with van der Waals surface area (Å²) in [5.41, 5.74) is 4.73. The monoisotopic (exact) mass is 504 g/mol. The minimum Gasteiger partial charge on any atom is -0.541 e. The van der Waals surface area contributed by atoms with Crippen molar-refractivity contribution in [3.63, 3.8) is 0 Å². The minimum absolute atomic E-state index is 0.0409. The third-order valence-electron chi connectivity index (χ3n) is 6.71. The molecule has 0 saturated carbocycles. The van der Waals surface area contributed by atoms with Crippen LogP contribution in [-0.4, -0.2) is 14.1 Å². The molecule has 32 heavy (non-hydrogen) atoms. The molecule has 1 atom stereocenters. The van der Waals surface area contributed by atoms with Gasteiger partial charge in [-0.25, -0.2) is 0 Å². The van der Waals surface area contributed by atoms with Gasteiger partial charge in [0.05, 0.1) is 0 Å². The van der Waals surface area contributed by atoms with Crippen LogP contribution in [0.25, 0.3) is 5.57 Å². The van der Waals surface area contributed by atoms with E-state index >= 15 is 0 Å². The van der Waals surface area contributed by atoms with Gasteiger partial charge >= 0.3 is 0 Å². The molecular weight excluding hydrogens is 476 g/mol. The predicted octanol–water partition coefficient (Wildman–Crippen LogP) is 7.69. The summed E-state index contributed by atoms with van der Waals surface area (Å²) in [6.45, 7) is 11.0.